The number of hydrogen-bond acceptors (Lipinski definition) is 2. The molecule has 1 unspecified atom stereocenters. The number of hydrogen-bond donors (Lipinski definition) is 1. The average Bonchev–Trinajstić information content (AvgIpc) is 1.64. The highest BCUT2D eigenvalue weighted by Gasteiger charge is 2.09. The Labute approximate surface area is 49.5 Å². The van der Waals surface area contributed by atoms with E-state index in [0.717, 1.165) is 18.8 Å². The highest BCUT2D eigenvalue weighted by atomic mass is 16.5. The van der Waals surface area contributed by atoms with Crippen LogP contribution in [0.15, 0.2) is 12.3 Å². The molecule has 0 bridgehead atoms. The van der Waals surface area contributed by atoms with Crippen LogP contribution in [0.3, 0.4) is 0 Å². The van der Waals surface area contributed by atoms with Crippen molar-refractivity contribution in [3.8, 4) is 0 Å². The summed E-state index contributed by atoms with van der Waals surface area (Å²) in [7, 11) is 0. The number of morpholine rings is 1. The topological polar surface area (TPSA) is 21.3 Å². The van der Waals surface area contributed by atoms with Gasteiger partial charge in [-0.25, -0.2) is 0 Å². The first kappa shape index (κ1) is 5.63. The lowest BCUT2D eigenvalue weighted by molar-refractivity contribution is 0.101. The van der Waals surface area contributed by atoms with Crippen molar-refractivity contribution in [2.45, 2.75) is 13.0 Å². The first-order valence-corrected chi connectivity index (χ1v) is 2.84. The molecule has 1 rings (SSSR count). The average molecular weight is 113 g/mol. The van der Waals surface area contributed by atoms with E-state index in [2.05, 4.69) is 11.9 Å². The predicted molar refractivity (Wildman–Crippen MR) is 32.6 cm³/mol. The minimum Gasteiger partial charge on any atom is -0.493 e. The first-order chi connectivity index (χ1) is 3.79. The number of rotatable bonds is 0. The summed E-state index contributed by atoms with van der Waals surface area (Å²) in [6.07, 6.45) is 0.302. The van der Waals surface area contributed by atoms with E-state index in [1.165, 1.54) is 0 Å². The fourth-order valence-corrected chi connectivity index (χ4v) is 0.783. The Hall–Kier alpha value is -0.500. The van der Waals surface area contributed by atoms with Crippen LogP contribution in [0.4, 0.5) is 0 Å². The summed E-state index contributed by atoms with van der Waals surface area (Å²) < 4.78 is 5.23. The van der Waals surface area contributed by atoms with E-state index in [1.54, 1.807) is 0 Å². The molecule has 1 saturated heterocycles. The van der Waals surface area contributed by atoms with Gasteiger partial charge in [-0.15, -0.1) is 0 Å². The molecule has 0 aromatic carbocycles. The maximum Gasteiger partial charge on any atom is 0.108 e. The molecular weight excluding hydrogens is 102 g/mol. The molecule has 2 heteroatoms. The van der Waals surface area contributed by atoms with Gasteiger partial charge in [0.1, 0.15) is 11.9 Å². The highest BCUT2D eigenvalue weighted by molar-refractivity contribution is 4.90. The Morgan fingerprint density at radius 3 is 3.00 bits per heavy atom. The highest BCUT2D eigenvalue weighted by Crippen LogP contribution is 2.02. The Morgan fingerprint density at radius 2 is 2.62 bits per heavy atom. The van der Waals surface area contributed by atoms with Crippen molar-refractivity contribution in [2.24, 2.45) is 0 Å². The molecule has 1 aliphatic heterocycles. The van der Waals surface area contributed by atoms with Gasteiger partial charge in [0.05, 0.1) is 6.54 Å². The second-order valence-corrected chi connectivity index (χ2v) is 2.10. The van der Waals surface area contributed by atoms with E-state index in [1.807, 2.05) is 6.92 Å². The van der Waals surface area contributed by atoms with Crippen molar-refractivity contribution in [2.75, 3.05) is 13.1 Å². The van der Waals surface area contributed by atoms with Gasteiger partial charge in [-0.2, -0.15) is 0 Å². The lowest BCUT2D eigenvalue weighted by atomic mass is 10.3. The van der Waals surface area contributed by atoms with Crippen LogP contribution in [0.1, 0.15) is 6.92 Å². The predicted octanol–water partition coefficient (Wildman–Crippen LogP) is 0.508. The molecule has 0 spiro atoms. The van der Waals surface area contributed by atoms with E-state index < -0.39 is 0 Å². The zero-order valence-corrected chi connectivity index (χ0v) is 5.11. The monoisotopic (exact) mass is 113 g/mol. The van der Waals surface area contributed by atoms with Crippen LogP contribution >= 0.6 is 0 Å². The Bertz CT molecular complexity index is 101. The van der Waals surface area contributed by atoms with Crippen LogP contribution in [-0.2, 0) is 4.74 Å². The zero-order valence-electron chi connectivity index (χ0n) is 5.11. The third-order valence-electron chi connectivity index (χ3n) is 1.12. The van der Waals surface area contributed by atoms with Crippen molar-refractivity contribution in [3.63, 3.8) is 0 Å². The maximum atomic E-state index is 5.23. The van der Waals surface area contributed by atoms with Crippen molar-refractivity contribution < 1.29 is 4.74 Å². The normalized spacial score (nSPS) is 29.6. The molecule has 0 amide bonds. The molecule has 0 saturated carbocycles. The van der Waals surface area contributed by atoms with Crippen LogP contribution in [0.25, 0.3) is 0 Å². The van der Waals surface area contributed by atoms with E-state index in [4.69, 9.17) is 4.74 Å². The van der Waals surface area contributed by atoms with Gasteiger partial charge in [-0.05, 0) is 6.92 Å². The van der Waals surface area contributed by atoms with E-state index in [0.29, 0.717) is 6.10 Å². The third-order valence-corrected chi connectivity index (χ3v) is 1.12. The second-order valence-electron chi connectivity index (χ2n) is 2.10. The van der Waals surface area contributed by atoms with Gasteiger partial charge >= 0.3 is 0 Å². The third kappa shape index (κ3) is 1.23. The van der Waals surface area contributed by atoms with Crippen LogP contribution in [-0.4, -0.2) is 19.2 Å². The van der Waals surface area contributed by atoms with Crippen molar-refractivity contribution in [1.29, 1.82) is 0 Å². The quantitative estimate of drug-likeness (QED) is 0.494. The standard InChI is InChI=1S/C6H11NO/c1-5-3-7-4-6(2)8-5/h6-7H,1,3-4H2,2H3. The number of ether oxygens (including phenoxy) is 1. The molecule has 0 radical (unpaired) electrons. The minimum atomic E-state index is 0.302. The molecule has 0 aliphatic carbocycles. The van der Waals surface area contributed by atoms with Gasteiger partial charge in [0.15, 0.2) is 0 Å². The smallest absolute Gasteiger partial charge is 0.108 e. The minimum absolute atomic E-state index is 0.302. The summed E-state index contributed by atoms with van der Waals surface area (Å²) in [4.78, 5) is 0. The fraction of sp³-hybridized carbons (Fsp3) is 0.667. The second kappa shape index (κ2) is 2.18. The van der Waals surface area contributed by atoms with Crippen LogP contribution in [0, 0.1) is 0 Å². The van der Waals surface area contributed by atoms with Crippen LogP contribution in [0.2, 0.25) is 0 Å². The lowest BCUT2D eigenvalue weighted by Gasteiger charge is -2.22. The molecule has 1 atom stereocenters. The number of nitrogens with one attached hydrogen (secondary N) is 1. The summed E-state index contributed by atoms with van der Waals surface area (Å²) in [5.41, 5.74) is 0. The molecule has 46 valence electrons. The van der Waals surface area contributed by atoms with Crippen LogP contribution < -0.4 is 5.32 Å². The molecular formula is C6H11NO. The molecule has 1 heterocycles. The van der Waals surface area contributed by atoms with Crippen molar-refractivity contribution in [1.82, 2.24) is 5.32 Å². The van der Waals surface area contributed by atoms with Gasteiger partial charge in [0.2, 0.25) is 0 Å². The van der Waals surface area contributed by atoms with E-state index >= 15 is 0 Å². The molecule has 0 aromatic heterocycles. The largest absolute Gasteiger partial charge is 0.493 e. The van der Waals surface area contributed by atoms with Gasteiger partial charge in [0.25, 0.3) is 0 Å². The molecule has 2 nitrogen and oxygen atoms in total. The van der Waals surface area contributed by atoms with Gasteiger partial charge in [-0.1, -0.05) is 6.58 Å². The molecule has 1 N–H and O–H groups in total. The Kier molecular flexibility index (Phi) is 1.53. The SMILES string of the molecule is C=C1CNCC(C)O1. The van der Waals surface area contributed by atoms with E-state index in [-0.39, 0.29) is 0 Å². The van der Waals surface area contributed by atoms with Crippen molar-refractivity contribution >= 4 is 0 Å². The molecule has 0 aromatic rings. The lowest BCUT2D eigenvalue weighted by Crippen LogP contribution is -2.34. The maximum absolute atomic E-state index is 5.23. The summed E-state index contributed by atoms with van der Waals surface area (Å²) in [5, 5.41) is 3.16. The zero-order chi connectivity index (χ0) is 5.98. The van der Waals surface area contributed by atoms with Crippen molar-refractivity contribution in [3.05, 3.63) is 12.3 Å². The molecule has 8 heavy (non-hydrogen) atoms. The summed E-state index contributed by atoms with van der Waals surface area (Å²) >= 11 is 0. The Balaban J connectivity index is 2.34. The van der Waals surface area contributed by atoms with E-state index in [9.17, 15) is 0 Å². The fourth-order valence-electron chi connectivity index (χ4n) is 0.783. The summed E-state index contributed by atoms with van der Waals surface area (Å²) in [6, 6.07) is 0. The van der Waals surface area contributed by atoms with Crippen LogP contribution in [0.5, 0.6) is 0 Å². The summed E-state index contributed by atoms with van der Waals surface area (Å²) in [6.45, 7) is 7.46. The molecule has 1 aliphatic rings. The van der Waals surface area contributed by atoms with Gasteiger partial charge < -0.3 is 10.1 Å². The Morgan fingerprint density at radius 1 is 1.88 bits per heavy atom. The first-order valence-electron chi connectivity index (χ1n) is 2.84. The van der Waals surface area contributed by atoms with Gasteiger partial charge in [-0.3, -0.25) is 0 Å². The molecule has 1 fully saturated rings. The summed E-state index contributed by atoms with van der Waals surface area (Å²) in [5.74, 6) is 0.851. The van der Waals surface area contributed by atoms with Gasteiger partial charge in [0, 0.05) is 6.54 Å².